The molecule has 0 spiro atoms. The van der Waals surface area contributed by atoms with E-state index in [1.165, 1.54) is 13.2 Å². The van der Waals surface area contributed by atoms with Crippen LogP contribution in [-0.4, -0.2) is 17.2 Å². The SMILES string of the molecule is C=C/N=C(/Cl)N(C)C#N. The van der Waals surface area contributed by atoms with Crippen molar-refractivity contribution in [3.63, 3.8) is 0 Å². The highest BCUT2D eigenvalue weighted by Crippen LogP contribution is 1.90. The molecule has 0 fully saturated rings. The van der Waals surface area contributed by atoms with Gasteiger partial charge in [-0.05, 0) is 11.6 Å². The molecule has 0 aliphatic carbocycles. The summed E-state index contributed by atoms with van der Waals surface area (Å²) in [4.78, 5) is 4.67. The van der Waals surface area contributed by atoms with Crippen molar-refractivity contribution < 1.29 is 0 Å². The summed E-state index contributed by atoms with van der Waals surface area (Å²) < 4.78 is 0. The molecule has 3 nitrogen and oxygen atoms in total. The van der Waals surface area contributed by atoms with Crippen LogP contribution in [0.5, 0.6) is 0 Å². The van der Waals surface area contributed by atoms with Crippen molar-refractivity contribution in [1.29, 1.82) is 5.26 Å². The minimum atomic E-state index is 0.118. The number of hydrogen-bond donors (Lipinski definition) is 0. The van der Waals surface area contributed by atoms with Crippen LogP contribution in [0, 0.1) is 11.5 Å². The predicted octanol–water partition coefficient (Wildman–Crippen LogP) is 1.14. The summed E-state index contributed by atoms with van der Waals surface area (Å²) in [6.45, 7) is 3.31. The fourth-order valence-corrected chi connectivity index (χ4v) is 0.310. The lowest BCUT2D eigenvalue weighted by Crippen LogP contribution is -2.14. The lowest BCUT2D eigenvalue weighted by molar-refractivity contribution is 0.724. The van der Waals surface area contributed by atoms with Crippen molar-refractivity contribution >= 4 is 16.9 Å². The van der Waals surface area contributed by atoms with Gasteiger partial charge in [-0.15, -0.1) is 0 Å². The molecule has 0 rings (SSSR count). The van der Waals surface area contributed by atoms with E-state index < -0.39 is 0 Å². The first-order valence-electron chi connectivity index (χ1n) is 2.20. The number of nitrogens with zero attached hydrogens (tertiary/aromatic N) is 3. The van der Waals surface area contributed by atoms with E-state index in [9.17, 15) is 0 Å². The second-order valence-corrected chi connectivity index (χ2v) is 1.58. The summed E-state index contributed by atoms with van der Waals surface area (Å²) in [5.41, 5.74) is 0. The van der Waals surface area contributed by atoms with Crippen molar-refractivity contribution in [1.82, 2.24) is 4.90 Å². The van der Waals surface area contributed by atoms with Gasteiger partial charge in [-0.2, -0.15) is 5.26 Å². The van der Waals surface area contributed by atoms with Crippen molar-refractivity contribution in [3.05, 3.63) is 12.8 Å². The molecular weight excluding hydrogens is 138 g/mol. The maximum atomic E-state index is 8.21. The van der Waals surface area contributed by atoms with Crippen molar-refractivity contribution in [2.75, 3.05) is 7.05 Å². The Kier molecular flexibility index (Phi) is 3.49. The van der Waals surface area contributed by atoms with Gasteiger partial charge in [-0.25, -0.2) is 4.99 Å². The molecule has 0 unspecified atom stereocenters. The molecular formula is C5H6ClN3. The van der Waals surface area contributed by atoms with Gasteiger partial charge in [0.1, 0.15) is 0 Å². The van der Waals surface area contributed by atoms with Crippen LogP contribution in [0.2, 0.25) is 0 Å². The first kappa shape index (κ1) is 7.99. The summed E-state index contributed by atoms with van der Waals surface area (Å²) in [7, 11) is 1.51. The van der Waals surface area contributed by atoms with Crippen LogP contribution in [0.3, 0.4) is 0 Å². The van der Waals surface area contributed by atoms with E-state index in [2.05, 4.69) is 11.6 Å². The van der Waals surface area contributed by atoms with Gasteiger partial charge >= 0.3 is 0 Å². The summed E-state index contributed by atoms with van der Waals surface area (Å²) in [6.07, 6.45) is 3.05. The molecule has 0 saturated carbocycles. The number of rotatable bonds is 1. The quantitative estimate of drug-likeness (QED) is 0.182. The molecule has 0 heterocycles. The van der Waals surface area contributed by atoms with Crippen molar-refractivity contribution in [2.24, 2.45) is 4.99 Å². The maximum Gasteiger partial charge on any atom is 0.211 e. The molecule has 48 valence electrons. The van der Waals surface area contributed by atoms with Gasteiger partial charge in [0.25, 0.3) is 0 Å². The molecule has 0 aromatic carbocycles. The fraction of sp³-hybridized carbons (Fsp3) is 0.200. The van der Waals surface area contributed by atoms with E-state index >= 15 is 0 Å². The van der Waals surface area contributed by atoms with Gasteiger partial charge in [-0.1, -0.05) is 6.58 Å². The van der Waals surface area contributed by atoms with Gasteiger partial charge in [-0.3, -0.25) is 4.90 Å². The zero-order chi connectivity index (χ0) is 7.28. The summed E-state index contributed by atoms with van der Waals surface area (Å²) in [5, 5.41) is 8.33. The maximum absolute atomic E-state index is 8.21. The van der Waals surface area contributed by atoms with Gasteiger partial charge in [0.2, 0.25) is 5.29 Å². The number of amidine groups is 1. The number of hydrogen-bond acceptors (Lipinski definition) is 2. The molecule has 0 aliphatic rings. The Morgan fingerprint density at radius 3 is 2.89 bits per heavy atom. The summed E-state index contributed by atoms with van der Waals surface area (Å²) in [6, 6.07) is 0. The third-order valence-corrected chi connectivity index (χ3v) is 0.976. The normalized spacial score (nSPS) is 10.1. The van der Waals surface area contributed by atoms with Crippen LogP contribution in [0.15, 0.2) is 17.8 Å². The Hall–Kier alpha value is -1.01. The summed E-state index contributed by atoms with van der Waals surface area (Å²) in [5.74, 6) is 0. The first-order valence-corrected chi connectivity index (χ1v) is 2.58. The minimum absolute atomic E-state index is 0.118. The Morgan fingerprint density at radius 2 is 2.56 bits per heavy atom. The highest BCUT2D eigenvalue weighted by Gasteiger charge is 1.96. The van der Waals surface area contributed by atoms with Gasteiger partial charge < -0.3 is 0 Å². The minimum Gasteiger partial charge on any atom is -0.256 e. The molecule has 9 heavy (non-hydrogen) atoms. The number of nitriles is 1. The Morgan fingerprint density at radius 1 is 2.00 bits per heavy atom. The average Bonchev–Trinajstić information content (AvgIpc) is 1.87. The molecule has 0 atom stereocenters. The van der Waals surface area contributed by atoms with Crippen LogP contribution in [0.25, 0.3) is 0 Å². The monoisotopic (exact) mass is 143 g/mol. The van der Waals surface area contributed by atoms with Crippen LogP contribution in [-0.2, 0) is 0 Å². The van der Waals surface area contributed by atoms with E-state index in [0.29, 0.717) is 0 Å². The molecule has 0 amide bonds. The molecule has 0 radical (unpaired) electrons. The van der Waals surface area contributed by atoms with Crippen LogP contribution in [0.1, 0.15) is 0 Å². The molecule has 0 bridgehead atoms. The van der Waals surface area contributed by atoms with Crippen molar-refractivity contribution in [3.8, 4) is 6.19 Å². The van der Waals surface area contributed by atoms with Crippen molar-refractivity contribution in [2.45, 2.75) is 0 Å². The third kappa shape index (κ3) is 2.73. The topological polar surface area (TPSA) is 39.4 Å². The molecule has 4 heteroatoms. The fourth-order valence-electron chi connectivity index (χ4n) is 0.203. The van der Waals surface area contributed by atoms with Crippen LogP contribution in [0.4, 0.5) is 0 Å². The molecule has 0 aromatic heterocycles. The average molecular weight is 144 g/mol. The zero-order valence-corrected chi connectivity index (χ0v) is 5.76. The Bertz CT molecular complexity index is 168. The van der Waals surface area contributed by atoms with Gasteiger partial charge in [0.05, 0.1) is 0 Å². The molecule has 0 N–H and O–H groups in total. The second-order valence-electron chi connectivity index (χ2n) is 1.24. The van der Waals surface area contributed by atoms with E-state index in [0.717, 1.165) is 4.90 Å². The highest BCUT2D eigenvalue weighted by molar-refractivity contribution is 6.64. The number of aliphatic imine (C=N–C) groups is 1. The second kappa shape index (κ2) is 3.93. The summed E-state index contributed by atoms with van der Waals surface area (Å²) >= 11 is 5.41. The molecule has 0 aromatic rings. The smallest absolute Gasteiger partial charge is 0.211 e. The lowest BCUT2D eigenvalue weighted by atomic mass is 10.9. The van der Waals surface area contributed by atoms with Gasteiger partial charge in [0, 0.05) is 13.2 Å². The highest BCUT2D eigenvalue weighted by atomic mass is 35.5. The zero-order valence-electron chi connectivity index (χ0n) is 5.00. The van der Waals surface area contributed by atoms with E-state index in [4.69, 9.17) is 16.9 Å². The van der Waals surface area contributed by atoms with Crippen LogP contribution >= 0.6 is 11.6 Å². The molecule has 0 aliphatic heterocycles. The third-order valence-electron chi connectivity index (χ3n) is 0.625. The Balaban J connectivity index is 4.05. The standard InChI is InChI=1S/C5H6ClN3/c1-3-8-5(6)9(2)4-7/h3H,1H2,2H3/b8-5-. The van der Waals surface area contributed by atoms with E-state index in [-0.39, 0.29) is 5.29 Å². The van der Waals surface area contributed by atoms with Gasteiger partial charge in [0.15, 0.2) is 6.19 Å². The Labute approximate surface area is 58.9 Å². The molecule has 0 saturated heterocycles. The predicted molar refractivity (Wildman–Crippen MR) is 36.9 cm³/mol. The lowest BCUT2D eigenvalue weighted by Gasteiger charge is -2.01. The largest absolute Gasteiger partial charge is 0.256 e. The van der Waals surface area contributed by atoms with Crippen LogP contribution < -0.4 is 0 Å². The van der Waals surface area contributed by atoms with E-state index in [1.54, 1.807) is 6.19 Å². The first-order chi connectivity index (χ1) is 4.22. The van der Waals surface area contributed by atoms with E-state index in [1.807, 2.05) is 0 Å². The number of halogens is 1.